The van der Waals surface area contributed by atoms with Crippen LogP contribution in [0.4, 0.5) is 17.1 Å². The van der Waals surface area contributed by atoms with E-state index in [1.807, 2.05) is 12.3 Å². The van der Waals surface area contributed by atoms with Gasteiger partial charge in [-0.15, -0.1) is 0 Å². The molecule has 2 nitrogen and oxygen atoms in total. The van der Waals surface area contributed by atoms with E-state index in [1.165, 1.54) is 44.9 Å². The Bertz CT molecular complexity index is 1180. The lowest BCUT2D eigenvalue weighted by Gasteiger charge is -2.39. The summed E-state index contributed by atoms with van der Waals surface area (Å²) in [5.74, 6) is 0. The Hall–Kier alpha value is -3.39. The van der Waals surface area contributed by atoms with Crippen LogP contribution in [-0.2, 0) is 12.8 Å². The predicted octanol–water partition coefficient (Wildman–Crippen LogP) is 6.03. The highest BCUT2D eigenvalue weighted by atomic mass is 15.2. The van der Waals surface area contributed by atoms with Crippen molar-refractivity contribution in [3.8, 4) is 11.1 Å². The lowest BCUT2D eigenvalue weighted by atomic mass is 9.87. The molecule has 3 aromatic carbocycles. The van der Waals surface area contributed by atoms with Gasteiger partial charge in [0, 0.05) is 24.7 Å². The number of rotatable bonds is 1. The normalized spacial score (nSPS) is 13.6. The summed E-state index contributed by atoms with van der Waals surface area (Å²) in [6.07, 6.45) is 3.79. The molecule has 0 radical (unpaired) electrons. The highest BCUT2D eigenvalue weighted by molar-refractivity contribution is 5.89. The second-order valence-electron chi connectivity index (χ2n) is 7.29. The number of hydrogen-bond acceptors (Lipinski definition) is 2. The number of pyridine rings is 1. The fourth-order valence-electron chi connectivity index (χ4n) is 4.50. The van der Waals surface area contributed by atoms with E-state index in [1.54, 1.807) is 0 Å². The van der Waals surface area contributed by atoms with Gasteiger partial charge in [0.1, 0.15) is 0 Å². The van der Waals surface area contributed by atoms with Crippen molar-refractivity contribution in [2.45, 2.75) is 12.8 Å². The van der Waals surface area contributed by atoms with Crippen molar-refractivity contribution in [1.29, 1.82) is 0 Å². The van der Waals surface area contributed by atoms with Gasteiger partial charge in [-0.25, -0.2) is 0 Å². The Morgan fingerprint density at radius 3 is 2.37 bits per heavy atom. The molecule has 0 aliphatic carbocycles. The van der Waals surface area contributed by atoms with Crippen molar-refractivity contribution in [1.82, 2.24) is 4.98 Å². The topological polar surface area (TPSA) is 16.1 Å². The van der Waals surface area contributed by atoms with Gasteiger partial charge in [-0.3, -0.25) is 4.98 Å². The van der Waals surface area contributed by atoms with E-state index in [4.69, 9.17) is 0 Å². The predicted molar refractivity (Wildman–Crippen MR) is 110 cm³/mol. The van der Waals surface area contributed by atoms with E-state index in [-0.39, 0.29) is 0 Å². The molecule has 2 aliphatic rings. The van der Waals surface area contributed by atoms with Crippen LogP contribution in [0.25, 0.3) is 11.1 Å². The first-order valence-corrected chi connectivity index (χ1v) is 9.41. The molecule has 3 heterocycles. The summed E-state index contributed by atoms with van der Waals surface area (Å²) in [5.41, 5.74) is 11.7. The lowest BCUT2D eigenvalue weighted by Crippen LogP contribution is -2.25. The minimum Gasteiger partial charge on any atom is -0.308 e. The largest absolute Gasteiger partial charge is 0.308 e. The number of anilines is 3. The quantitative estimate of drug-likeness (QED) is 0.361. The molecule has 1 aromatic heterocycles. The number of nitrogens with zero attached hydrogens (tertiary/aromatic N) is 2. The summed E-state index contributed by atoms with van der Waals surface area (Å²) < 4.78 is 0. The first-order valence-electron chi connectivity index (χ1n) is 9.41. The summed E-state index contributed by atoms with van der Waals surface area (Å²) in [4.78, 5) is 7.09. The Morgan fingerprint density at radius 2 is 1.48 bits per heavy atom. The molecule has 6 rings (SSSR count). The van der Waals surface area contributed by atoms with Crippen molar-refractivity contribution >= 4 is 17.1 Å². The van der Waals surface area contributed by atoms with E-state index in [2.05, 4.69) is 82.7 Å². The zero-order chi connectivity index (χ0) is 17.8. The SMILES string of the molecule is c1ccc(-c2ccc3c(c2)Cc2cccc4c2N3c2cccnc2C4)cc1. The van der Waals surface area contributed by atoms with Crippen molar-refractivity contribution < 1.29 is 0 Å². The molecule has 0 unspecified atom stereocenters. The molecular formula is C25H18N2. The van der Waals surface area contributed by atoms with E-state index in [0.29, 0.717) is 0 Å². The maximum Gasteiger partial charge on any atom is 0.0688 e. The number of fused-ring (bicyclic) bond motifs is 4. The van der Waals surface area contributed by atoms with Crippen LogP contribution in [0.1, 0.15) is 22.4 Å². The van der Waals surface area contributed by atoms with Gasteiger partial charge in [-0.2, -0.15) is 0 Å². The molecular weight excluding hydrogens is 328 g/mol. The van der Waals surface area contributed by atoms with Crippen molar-refractivity contribution in [3.05, 3.63) is 107 Å². The van der Waals surface area contributed by atoms with Crippen LogP contribution in [0, 0.1) is 0 Å². The number of hydrogen-bond donors (Lipinski definition) is 0. The van der Waals surface area contributed by atoms with Gasteiger partial charge < -0.3 is 4.90 Å². The van der Waals surface area contributed by atoms with Crippen LogP contribution in [0.3, 0.4) is 0 Å². The molecule has 0 saturated carbocycles. The second-order valence-corrected chi connectivity index (χ2v) is 7.29. The Balaban J connectivity index is 1.58. The third-order valence-electron chi connectivity index (χ3n) is 5.70. The fraction of sp³-hybridized carbons (Fsp3) is 0.0800. The van der Waals surface area contributed by atoms with Gasteiger partial charge in [0.25, 0.3) is 0 Å². The number of para-hydroxylation sites is 1. The van der Waals surface area contributed by atoms with E-state index in [9.17, 15) is 0 Å². The van der Waals surface area contributed by atoms with Crippen LogP contribution in [-0.4, -0.2) is 4.98 Å². The van der Waals surface area contributed by atoms with E-state index in [0.717, 1.165) is 18.5 Å². The number of aromatic nitrogens is 1. The second kappa shape index (κ2) is 5.55. The third kappa shape index (κ3) is 2.16. The van der Waals surface area contributed by atoms with E-state index < -0.39 is 0 Å². The standard InChI is InChI=1S/C25H18N2/c1-2-6-17(7-3-1)18-11-12-23-21(14-18)15-19-8-4-9-20-16-22-24(10-5-13-26-22)27(23)25(19)20/h1-14H,15-16H2. The summed E-state index contributed by atoms with van der Waals surface area (Å²) in [6.45, 7) is 0. The van der Waals surface area contributed by atoms with Crippen molar-refractivity contribution in [3.63, 3.8) is 0 Å². The molecule has 128 valence electrons. The first-order chi connectivity index (χ1) is 13.4. The van der Waals surface area contributed by atoms with Gasteiger partial charge in [0.2, 0.25) is 0 Å². The summed E-state index contributed by atoms with van der Waals surface area (Å²) >= 11 is 0. The Morgan fingerprint density at radius 1 is 0.630 bits per heavy atom. The van der Waals surface area contributed by atoms with Gasteiger partial charge in [-0.1, -0.05) is 54.6 Å². The third-order valence-corrected chi connectivity index (χ3v) is 5.70. The number of benzene rings is 3. The molecule has 0 saturated heterocycles. The fourth-order valence-corrected chi connectivity index (χ4v) is 4.50. The summed E-state index contributed by atoms with van der Waals surface area (Å²) in [7, 11) is 0. The summed E-state index contributed by atoms with van der Waals surface area (Å²) in [5, 5.41) is 0. The van der Waals surface area contributed by atoms with E-state index >= 15 is 0 Å². The van der Waals surface area contributed by atoms with Crippen LogP contribution < -0.4 is 4.90 Å². The zero-order valence-corrected chi connectivity index (χ0v) is 14.9. The smallest absolute Gasteiger partial charge is 0.0688 e. The van der Waals surface area contributed by atoms with Gasteiger partial charge in [0.05, 0.1) is 17.1 Å². The minimum atomic E-state index is 0.910. The molecule has 0 atom stereocenters. The minimum absolute atomic E-state index is 0.910. The molecule has 2 heteroatoms. The molecule has 4 aromatic rings. The van der Waals surface area contributed by atoms with Gasteiger partial charge in [0.15, 0.2) is 0 Å². The van der Waals surface area contributed by atoms with Crippen molar-refractivity contribution in [2.75, 3.05) is 4.90 Å². The zero-order valence-electron chi connectivity index (χ0n) is 14.9. The van der Waals surface area contributed by atoms with Crippen LogP contribution in [0.5, 0.6) is 0 Å². The van der Waals surface area contributed by atoms with Gasteiger partial charge in [-0.05, 0) is 52.1 Å². The monoisotopic (exact) mass is 346 g/mol. The highest BCUT2D eigenvalue weighted by Crippen LogP contribution is 2.50. The molecule has 0 bridgehead atoms. The molecule has 0 amide bonds. The van der Waals surface area contributed by atoms with Crippen LogP contribution in [0.15, 0.2) is 85.1 Å². The van der Waals surface area contributed by atoms with Gasteiger partial charge >= 0.3 is 0 Å². The summed E-state index contributed by atoms with van der Waals surface area (Å²) in [6, 6.07) is 28.4. The van der Waals surface area contributed by atoms with Crippen molar-refractivity contribution in [2.24, 2.45) is 0 Å². The average Bonchev–Trinajstić information content (AvgIpc) is 2.74. The Kier molecular flexibility index (Phi) is 3.03. The van der Waals surface area contributed by atoms with Crippen LogP contribution >= 0.6 is 0 Å². The molecule has 2 aliphatic heterocycles. The molecule has 0 fully saturated rings. The van der Waals surface area contributed by atoms with Crippen LogP contribution in [0.2, 0.25) is 0 Å². The maximum absolute atomic E-state index is 4.67. The Labute approximate surface area is 158 Å². The maximum atomic E-state index is 4.67. The molecule has 0 N–H and O–H groups in total. The average molecular weight is 346 g/mol. The lowest BCUT2D eigenvalue weighted by molar-refractivity contribution is 0.971. The molecule has 27 heavy (non-hydrogen) atoms. The first kappa shape index (κ1) is 14.7. The molecule has 0 spiro atoms. The highest BCUT2D eigenvalue weighted by Gasteiger charge is 2.31.